The van der Waals surface area contributed by atoms with Crippen molar-refractivity contribution in [1.29, 1.82) is 0 Å². The van der Waals surface area contributed by atoms with Gasteiger partial charge in [-0.2, -0.15) is 13.1 Å². The van der Waals surface area contributed by atoms with E-state index < -0.39 is 15.9 Å². The molecule has 1 unspecified atom stereocenters. The summed E-state index contributed by atoms with van der Waals surface area (Å²) in [4.78, 5) is 2.22. The van der Waals surface area contributed by atoms with Crippen molar-refractivity contribution in [2.75, 3.05) is 20.8 Å². The molecular weight excluding hydrogens is 583 g/mol. The van der Waals surface area contributed by atoms with Gasteiger partial charge in [-0.3, -0.25) is 9.18 Å². The topological polar surface area (TPSA) is 79.2 Å². The molecule has 0 saturated heterocycles. The summed E-state index contributed by atoms with van der Waals surface area (Å²) in [5, 5.41) is 0.856. The molecule has 0 bridgehead atoms. The summed E-state index contributed by atoms with van der Waals surface area (Å²) in [6.45, 7) is 1.67. The molecule has 226 valence electrons. The molecule has 10 heteroatoms. The van der Waals surface area contributed by atoms with Gasteiger partial charge in [-0.25, -0.2) is 4.39 Å². The molecule has 5 aromatic rings. The van der Waals surface area contributed by atoms with Gasteiger partial charge >= 0.3 is 10.1 Å². The number of nitrogens with zero attached hydrogens (tertiary/aromatic N) is 2. The van der Waals surface area contributed by atoms with Gasteiger partial charge in [0.2, 0.25) is 0 Å². The third-order valence-corrected chi connectivity index (χ3v) is 9.69. The average Bonchev–Trinajstić information content (AvgIpc) is 3.33. The smallest absolute Gasteiger partial charge is 0.357 e. The first kappa shape index (κ1) is 28.2. The molecule has 2 aliphatic heterocycles. The highest BCUT2D eigenvalue weighted by molar-refractivity contribution is 7.87. The molecule has 0 fully saturated rings. The Morgan fingerprint density at radius 2 is 1.70 bits per heavy atom. The van der Waals surface area contributed by atoms with E-state index in [-0.39, 0.29) is 10.9 Å². The molecule has 44 heavy (non-hydrogen) atoms. The second kappa shape index (κ2) is 11.2. The lowest BCUT2D eigenvalue weighted by atomic mass is 9.85. The zero-order valence-corrected chi connectivity index (χ0v) is 25.1. The zero-order valence-electron chi connectivity index (χ0n) is 24.3. The first-order valence-corrected chi connectivity index (χ1v) is 15.8. The minimum absolute atomic E-state index is 0.0372. The van der Waals surface area contributed by atoms with E-state index >= 15 is 0 Å². The van der Waals surface area contributed by atoms with Crippen molar-refractivity contribution in [3.8, 4) is 17.2 Å². The number of rotatable bonds is 8. The number of ether oxygens (including phenoxy) is 3. The lowest BCUT2D eigenvalue weighted by molar-refractivity contribution is 0.144. The Bertz CT molecular complexity index is 1960. The van der Waals surface area contributed by atoms with Crippen LogP contribution >= 0.6 is 0 Å². The Morgan fingerprint density at radius 1 is 0.909 bits per heavy atom. The highest BCUT2D eigenvalue weighted by Gasteiger charge is 2.37. The largest absolute Gasteiger partial charge is 0.497 e. The van der Waals surface area contributed by atoms with Gasteiger partial charge in [-0.05, 0) is 89.7 Å². The van der Waals surface area contributed by atoms with Crippen LogP contribution in [0.25, 0.3) is 10.9 Å². The molecule has 7 rings (SSSR count). The fourth-order valence-corrected chi connectivity index (χ4v) is 7.20. The maximum atomic E-state index is 13.5. The zero-order chi connectivity index (χ0) is 30.4. The van der Waals surface area contributed by atoms with Crippen molar-refractivity contribution in [1.82, 2.24) is 9.63 Å². The first-order valence-electron chi connectivity index (χ1n) is 14.4. The minimum atomic E-state index is -4.25. The van der Waals surface area contributed by atoms with Gasteiger partial charge in [0, 0.05) is 24.5 Å². The Hall–Kier alpha value is -4.54. The van der Waals surface area contributed by atoms with E-state index in [1.165, 1.54) is 22.4 Å². The number of fused-ring (bicyclic) bond motifs is 6. The van der Waals surface area contributed by atoms with Gasteiger partial charge in [-0.1, -0.05) is 30.3 Å². The molecule has 0 spiro atoms. The Balaban J connectivity index is 1.28. The standard InChI is InChI=1S/C34H31FN2O6S/c1-40-25-10-13-30-28(17-25)29-18-31-27-19-34(42-21-22-6-4-3-5-7-22)33(41-2)16-23(27)14-15-36(31)20-32(29)37(30)43-44(38,39)26-11-8-24(35)9-12-26/h3-13,16-17,19,31H,14-15,18,20-21H2,1-2H3. The van der Waals surface area contributed by atoms with Crippen molar-refractivity contribution in [3.05, 3.63) is 119 Å². The van der Waals surface area contributed by atoms with Gasteiger partial charge < -0.3 is 14.2 Å². The molecule has 1 aromatic heterocycles. The fourth-order valence-electron chi connectivity index (χ4n) is 6.28. The van der Waals surface area contributed by atoms with E-state index in [2.05, 4.69) is 17.0 Å². The summed E-state index contributed by atoms with van der Waals surface area (Å²) in [6.07, 6.45) is 1.43. The molecular formula is C34H31FN2O6S. The molecule has 2 aliphatic rings. The van der Waals surface area contributed by atoms with Crippen LogP contribution in [-0.4, -0.2) is 38.8 Å². The van der Waals surface area contributed by atoms with Crippen molar-refractivity contribution in [2.24, 2.45) is 0 Å². The summed E-state index contributed by atoms with van der Waals surface area (Å²) in [5.74, 6) is 1.51. The van der Waals surface area contributed by atoms with Crippen LogP contribution in [0.4, 0.5) is 4.39 Å². The predicted molar refractivity (Wildman–Crippen MR) is 163 cm³/mol. The van der Waals surface area contributed by atoms with Crippen LogP contribution in [0.1, 0.15) is 34.0 Å². The number of hydrogen-bond acceptors (Lipinski definition) is 7. The van der Waals surface area contributed by atoms with E-state index in [9.17, 15) is 12.8 Å². The Morgan fingerprint density at radius 3 is 2.45 bits per heavy atom. The molecule has 1 atom stereocenters. The Labute approximate surface area is 255 Å². The molecule has 0 saturated carbocycles. The first-order chi connectivity index (χ1) is 21.3. The number of hydrogen-bond donors (Lipinski definition) is 0. The summed E-state index contributed by atoms with van der Waals surface area (Å²) in [5.41, 5.74) is 5.79. The molecule has 0 radical (unpaired) electrons. The average molecular weight is 615 g/mol. The predicted octanol–water partition coefficient (Wildman–Crippen LogP) is 5.85. The van der Waals surface area contributed by atoms with Gasteiger partial charge in [-0.15, -0.1) is 0 Å². The maximum Gasteiger partial charge on any atom is 0.357 e. The van der Waals surface area contributed by atoms with Crippen LogP contribution in [0, 0.1) is 5.82 Å². The lowest BCUT2D eigenvalue weighted by Crippen LogP contribution is -2.40. The highest BCUT2D eigenvalue weighted by Crippen LogP contribution is 2.45. The van der Waals surface area contributed by atoms with E-state index in [1.54, 1.807) is 26.4 Å². The number of benzene rings is 4. The van der Waals surface area contributed by atoms with Crippen molar-refractivity contribution in [2.45, 2.75) is 36.9 Å². The van der Waals surface area contributed by atoms with Crippen molar-refractivity contribution < 1.29 is 31.3 Å². The maximum absolute atomic E-state index is 13.5. The lowest BCUT2D eigenvalue weighted by Gasteiger charge is -2.41. The number of halogens is 1. The fraction of sp³-hybridized carbons (Fsp3) is 0.235. The summed E-state index contributed by atoms with van der Waals surface area (Å²) < 4.78 is 64.9. The van der Waals surface area contributed by atoms with Gasteiger partial charge in [0.05, 0.1) is 25.4 Å². The van der Waals surface area contributed by atoms with Gasteiger partial charge in [0.25, 0.3) is 0 Å². The third-order valence-electron chi connectivity index (χ3n) is 8.50. The normalized spacial score (nSPS) is 16.1. The second-order valence-electron chi connectivity index (χ2n) is 11.0. The summed E-state index contributed by atoms with van der Waals surface area (Å²) in [7, 11) is -0.990. The molecule has 4 aromatic carbocycles. The van der Waals surface area contributed by atoms with E-state index in [0.29, 0.717) is 42.3 Å². The van der Waals surface area contributed by atoms with Crippen LogP contribution in [0.2, 0.25) is 0 Å². The van der Waals surface area contributed by atoms with Gasteiger partial charge in [0.1, 0.15) is 23.1 Å². The SMILES string of the molecule is COc1ccc2c(c1)c1c(n2OS(=O)(=O)c2ccc(F)cc2)CN2CCc3cc(OC)c(OCc4ccccc4)cc3C2C1. The minimum Gasteiger partial charge on any atom is -0.497 e. The van der Waals surface area contributed by atoms with Crippen molar-refractivity contribution >= 4 is 21.0 Å². The summed E-state index contributed by atoms with van der Waals surface area (Å²) >= 11 is 0. The molecule has 3 heterocycles. The molecule has 8 nitrogen and oxygen atoms in total. The Kier molecular flexibility index (Phi) is 7.18. The quantitative estimate of drug-likeness (QED) is 0.217. The highest BCUT2D eigenvalue weighted by atomic mass is 32.2. The van der Waals surface area contributed by atoms with E-state index in [1.807, 2.05) is 36.4 Å². The van der Waals surface area contributed by atoms with Crippen LogP contribution in [-0.2, 0) is 36.1 Å². The van der Waals surface area contributed by atoms with Gasteiger partial charge in [0.15, 0.2) is 11.5 Å². The molecule has 0 N–H and O–H groups in total. The third kappa shape index (κ3) is 5.03. The number of aromatic nitrogens is 1. The summed E-state index contributed by atoms with van der Waals surface area (Å²) in [6, 6.07) is 24.3. The monoisotopic (exact) mass is 614 g/mol. The van der Waals surface area contributed by atoms with Crippen LogP contribution in [0.15, 0.2) is 89.8 Å². The van der Waals surface area contributed by atoms with E-state index in [4.69, 9.17) is 18.5 Å². The van der Waals surface area contributed by atoms with E-state index in [0.717, 1.165) is 52.9 Å². The molecule has 0 amide bonds. The van der Waals surface area contributed by atoms with Crippen molar-refractivity contribution in [3.63, 3.8) is 0 Å². The molecule has 0 aliphatic carbocycles. The second-order valence-corrected chi connectivity index (χ2v) is 12.5. The van der Waals surface area contributed by atoms with Crippen LogP contribution in [0.5, 0.6) is 17.2 Å². The number of methoxy groups -OCH3 is 2. The van der Waals surface area contributed by atoms with Crippen LogP contribution < -0.4 is 18.5 Å². The van der Waals surface area contributed by atoms with Crippen LogP contribution in [0.3, 0.4) is 0 Å².